The Labute approximate surface area is 96.0 Å². The van der Waals surface area contributed by atoms with Crippen molar-refractivity contribution in [1.29, 1.82) is 0 Å². The number of carbonyl (C=O) groups is 1. The molecule has 14 heavy (non-hydrogen) atoms. The van der Waals surface area contributed by atoms with Crippen LogP contribution in [0.2, 0.25) is 0 Å². The monoisotopic (exact) mass is 263 g/mol. The second-order valence-electron chi connectivity index (χ2n) is 3.65. The summed E-state index contributed by atoms with van der Waals surface area (Å²) in [5.41, 5.74) is 0. The Bertz CT molecular complexity index is 150. The molecular weight excluding hydrogens is 242 g/mol. The van der Waals surface area contributed by atoms with Gasteiger partial charge in [0.15, 0.2) is 0 Å². The third-order valence-corrected chi connectivity index (χ3v) is 2.91. The maximum atomic E-state index is 11.3. The first-order valence-corrected chi connectivity index (χ1v) is 6.53. The van der Waals surface area contributed by atoms with Crippen molar-refractivity contribution in [3.63, 3.8) is 0 Å². The molecule has 1 N–H and O–H groups in total. The predicted molar refractivity (Wildman–Crippen MR) is 64.8 cm³/mol. The quantitative estimate of drug-likeness (QED) is 0.529. The van der Waals surface area contributed by atoms with Gasteiger partial charge in [0.25, 0.3) is 0 Å². The van der Waals surface area contributed by atoms with Crippen molar-refractivity contribution in [1.82, 2.24) is 5.32 Å². The van der Waals surface area contributed by atoms with Gasteiger partial charge in [-0.15, -0.1) is 0 Å². The van der Waals surface area contributed by atoms with Gasteiger partial charge in [-0.3, -0.25) is 4.79 Å². The fourth-order valence-corrected chi connectivity index (χ4v) is 1.88. The Kier molecular flexibility index (Phi) is 9.47. The average Bonchev–Trinajstić information content (AvgIpc) is 2.16. The fourth-order valence-electron chi connectivity index (χ4n) is 1.26. The Morgan fingerprint density at radius 2 is 2.00 bits per heavy atom. The first kappa shape index (κ1) is 13.9. The SMILES string of the molecule is CCCCCC(=O)NCC(Br)CCC. The summed E-state index contributed by atoms with van der Waals surface area (Å²) in [7, 11) is 0. The van der Waals surface area contributed by atoms with E-state index >= 15 is 0 Å². The van der Waals surface area contributed by atoms with E-state index in [1.54, 1.807) is 0 Å². The number of unbranched alkanes of at least 4 members (excludes halogenated alkanes) is 2. The molecule has 0 aromatic heterocycles. The lowest BCUT2D eigenvalue weighted by molar-refractivity contribution is -0.121. The summed E-state index contributed by atoms with van der Waals surface area (Å²) in [5.74, 6) is 0.194. The lowest BCUT2D eigenvalue weighted by atomic mass is 10.2. The van der Waals surface area contributed by atoms with E-state index in [2.05, 4.69) is 35.1 Å². The van der Waals surface area contributed by atoms with Crippen molar-refractivity contribution in [3.05, 3.63) is 0 Å². The molecule has 0 aliphatic heterocycles. The standard InChI is InChI=1S/C11H22BrNO/c1-3-5-6-8-11(14)13-9-10(12)7-4-2/h10H,3-9H2,1-2H3,(H,13,14). The van der Waals surface area contributed by atoms with Crippen molar-refractivity contribution in [2.24, 2.45) is 0 Å². The second-order valence-corrected chi connectivity index (χ2v) is 4.94. The second kappa shape index (κ2) is 9.50. The zero-order chi connectivity index (χ0) is 10.8. The van der Waals surface area contributed by atoms with E-state index in [0.29, 0.717) is 11.2 Å². The number of hydrogen-bond donors (Lipinski definition) is 1. The molecule has 0 aliphatic carbocycles. The zero-order valence-corrected chi connectivity index (χ0v) is 10.9. The highest BCUT2D eigenvalue weighted by Gasteiger charge is 2.05. The van der Waals surface area contributed by atoms with Crippen LogP contribution >= 0.6 is 15.9 Å². The van der Waals surface area contributed by atoms with Crippen LogP contribution in [0.25, 0.3) is 0 Å². The molecule has 1 amide bonds. The van der Waals surface area contributed by atoms with E-state index in [1.807, 2.05) is 0 Å². The van der Waals surface area contributed by atoms with Crippen LogP contribution in [0.1, 0.15) is 52.4 Å². The number of halogens is 1. The fraction of sp³-hybridized carbons (Fsp3) is 0.909. The first-order chi connectivity index (χ1) is 6.70. The molecule has 0 radical (unpaired) electrons. The minimum atomic E-state index is 0.194. The minimum absolute atomic E-state index is 0.194. The van der Waals surface area contributed by atoms with Crippen LogP contribution in [0.3, 0.4) is 0 Å². The van der Waals surface area contributed by atoms with E-state index in [1.165, 1.54) is 6.42 Å². The third kappa shape index (κ3) is 8.54. The van der Waals surface area contributed by atoms with Gasteiger partial charge in [-0.05, 0) is 12.8 Å². The van der Waals surface area contributed by atoms with Crippen LogP contribution in [-0.4, -0.2) is 17.3 Å². The molecule has 3 heteroatoms. The van der Waals surface area contributed by atoms with Crippen LogP contribution in [0.15, 0.2) is 0 Å². The molecule has 0 aliphatic rings. The van der Waals surface area contributed by atoms with E-state index in [4.69, 9.17) is 0 Å². The van der Waals surface area contributed by atoms with Gasteiger partial charge in [0.2, 0.25) is 5.91 Å². The summed E-state index contributed by atoms with van der Waals surface area (Å²) in [6.07, 6.45) is 6.30. The lowest BCUT2D eigenvalue weighted by Gasteiger charge is -2.09. The van der Waals surface area contributed by atoms with Gasteiger partial charge in [0, 0.05) is 17.8 Å². The maximum absolute atomic E-state index is 11.3. The molecule has 0 saturated carbocycles. The van der Waals surface area contributed by atoms with Crippen molar-refractivity contribution < 1.29 is 4.79 Å². The Morgan fingerprint density at radius 1 is 1.29 bits per heavy atom. The molecule has 0 aromatic rings. The zero-order valence-electron chi connectivity index (χ0n) is 9.31. The molecule has 0 fully saturated rings. The van der Waals surface area contributed by atoms with Gasteiger partial charge < -0.3 is 5.32 Å². The van der Waals surface area contributed by atoms with Gasteiger partial charge in [-0.25, -0.2) is 0 Å². The molecule has 0 rings (SSSR count). The molecule has 84 valence electrons. The Hall–Kier alpha value is -0.0500. The summed E-state index contributed by atoms with van der Waals surface area (Å²) in [4.78, 5) is 11.7. The van der Waals surface area contributed by atoms with E-state index in [-0.39, 0.29) is 5.91 Å². The molecule has 1 unspecified atom stereocenters. The van der Waals surface area contributed by atoms with E-state index in [9.17, 15) is 4.79 Å². The molecular formula is C11H22BrNO. The third-order valence-electron chi connectivity index (χ3n) is 2.13. The van der Waals surface area contributed by atoms with Crippen LogP contribution in [0, 0.1) is 0 Å². The number of amides is 1. The Morgan fingerprint density at radius 3 is 2.57 bits per heavy atom. The molecule has 0 saturated heterocycles. The highest BCUT2D eigenvalue weighted by Crippen LogP contribution is 2.06. The lowest BCUT2D eigenvalue weighted by Crippen LogP contribution is -2.29. The molecule has 2 nitrogen and oxygen atoms in total. The minimum Gasteiger partial charge on any atom is -0.355 e. The molecule has 0 bridgehead atoms. The number of carbonyl (C=O) groups excluding carboxylic acids is 1. The van der Waals surface area contributed by atoms with Crippen LogP contribution in [0.5, 0.6) is 0 Å². The molecule has 0 heterocycles. The van der Waals surface area contributed by atoms with Crippen molar-refractivity contribution in [2.75, 3.05) is 6.54 Å². The van der Waals surface area contributed by atoms with Crippen LogP contribution < -0.4 is 5.32 Å². The van der Waals surface area contributed by atoms with Crippen LogP contribution in [0.4, 0.5) is 0 Å². The van der Waals surface area contributed by atoms with Gasteiger partial charge in [0.1, 0.15) is 0 Å². The highest BCUT2D eigenvalue weighted by molar-refractivity contribution is 9.09. The molecule has 1 atom stereocenters. The van der Waals surface area contributed by atoms with Gasteiger partial charge in [-0.1, -0.05) is 49.0 Å². The summed E-state index contributed by atoms with van der Waals surface area (Å²) in [6.45, 7) is 5.06. The van der Waals surface area contributed by atoms with Crippen molar-refractivity contribution in [3.8, 4) is 0 Å². The molecule has 0 aromatic carbocycles. The number of alkyl halides is 1. The smallest absolute Gasteiger partial charge is 0.220 e. The average molecular weight is 264 g/mol. The summed E-state index contributed by atoms with van der Waals surface area (Å²) >= 11 is 3.53. The normalized spacial score (nSPS) is 12.5. The van der Waals surface area contributed by atoms with E-state index < -0.39 is 0 Å². The number of nitrogens with one attached hydrogen (secondary N) is 1. The van der Waals surface area contributed by atoms with Crippen LogP contribution in [-0.2, 0) is 4.79 Å². The summed E-state index contributed by atoms with van der Waals surface area (Å²) in [5, 5.41) is 2.94. The summed E-state index contributed by atoms with van der Waals surface area (Å²) < 4.78 is 0. The Balaban J connectivity index is 3.34. The number of rotatable bonds is 8. The predicted octanol–water partition coefficient (Wildman–Crippen LogP) is 3.25. The maximum Gasteiger partial charge on any atom is 0.220 e. The highest BCUT2D eigenvalue weighted by atomic mass is 79.9. The van der Waals surface area contributed by atoms with Gasteiger partial charge >= 0.3 is 0 Å². The molecule has 0 spiro atoms. The topological polar surface area (TPSA) is 29.1 Å². The van der Waals surface area contributed by atoms with Crippen molar-refractivity contribution in [2.45, 2.75) is 57.2 Å². The van der Waals surface area contributed by atoms with E-state index in [0.717, 1.165) is 32.2 Å². The largest absolute Gasteiger partial charge is 0.355 e. The van der Waals surface area contributed by atoms with Gasteiger partial charge in [-0.2, -0.15) is 0 Å². The van der Waals surface area contributed by atoms with Crippen molar-refractivity contribution >= 4 is 21.8 Å². The summed E-state index contributed by atoms with van der Waals surface area (Å²) in [6, 6.07) is 0. The van der Waals surface area contributed by atoms with Gasteiger partial charge in [0.05, 0.1) is 0 Å². The number of hydrogen-bond acceptors (Lipinski definition) is 1. The first-order valence-electron chi connectivity index (χ1n) is 5.61.